The van der Waals surface area contributed by atoms with E-state index in [4.69, 9.17) is 39.2 Å². The standard InChI is InChI=1S/C11H22Si.2C11H14Si.C5H10.4C2H6N.CH4Cl2Si.2CH3.2ClH.Na.2Zr/c3*1-12(10-6-2-3-7-10)11-8-4-5-9-11;1-2-4-5-3-1;4*1-3-2;1-4(2)3;;;;;;;/h10-12H,2-9H2,1H3;2*2-12H,1H3;1-5H2;4*1-2H3;4H,1H3;2*1H3;2*1H;;;/q;;;;4*-1;;2*-1;;;+1;;+4/p-2. The van der Waals surface area contributed by atoms with Crippen LogP contribution in [-0.4, -0.2) is 90.2 Å². The molecule has 3 saturated carbocycles. The van der Waals surface area contributed by atoms with Crippen molar-refractivity contribution in [3.63, 3.8) is 0 Å². The van der Waals surface area contributed by atoms with Gasteiger partial charge in [0.05, 0.1) is 17.6 Å². The number of allylic oxidation sites excluding steroid dienone is 16. The van der Waals surface area contributed by atoms with Crippen LogP contribution in [-0.2, 0) is 47.1 Å². The van der Waals surface area contributed by atoms with Crippen LogP contribution in [0.3, 0.4) is 0 Å². The third kappa shape index (κ3) is 48.2. The Bertz CT molecular complexity index is 970. The molecule has 0 aliphatic heterocycles. The van der Waals surface area contributed by atoms with E-state index in [2.05, 4.69) is 138 Å². The molecule has 3 fully saturated rings. The molecule has 0 heterocycles. The topological polar surface area (TPSA) is 56.4 Å². The Kier molecular flexibility index (Phi) is 77.7. The van der Waals surface area contributed by atoms with Gasteiger partial charge in [0.1, 0.15) is 0 Å². The molecule has 7 aliphatic carbocycles. The van der Waals surface area contributed by atoms with Crippen molar-refractivity contribution in [3.8, 4) is 0 Å². The molecule has 0 aromatic rings. The quantitative estimate of drug-likeness (QED) is 0.145. The molecule has 15 heteroatoms. The summed E-state index contributed by atoms with van der Waals surface area (Å²) in [4.78, 5) is 0. The van der Waals surface area contributed by atoms with Gasteiger partial charge in [0.25, 0.3) is 0 Å². The average Bonchev–Trinajstić information content (AvgIpc) is 4.10. The minimum atomic E-state index is -1.19. The van der Waals surface area contributed by atoms with E-state index in [1.807, 2.05) is 6.55 Å². The molecular formula is C49H94Cl4N4NaSi4Zr2-3. The average molecular weight is 1200 g/mol. The zero-order valence-corrected chi connectivity index (χ0v) is 58.1. The van der Waals surface area contributed by atoms with E-state index >= 15 is 0 Å². The maximum absolute atomic E-state index is 5.18. The molecular weight excluding hydrogens is 1100 g/mol. The molecule has 0 bridgehead atoms. The largest absolute Gasteiger partial charge is 1.00 e. The molecule has 0 unspecified atom stereocenters. The van der Waals surface area contributed by atoms with Gasteiger partial charge in [-0.2, -0.15) is 78.5 Å². The molecule has 0 radical (unpaired) electrons. The van der Waals surface area contributed by atoms with Crippen LogP contribution in [0.1, 0.15) is 83.5 Å². The second kappa shape index (κ2) is 61.7. The Hall–Kier alpha value is 2.55. The molecule has 0 amide bonds. The van der Waals surface area contributed by atoms with Gasteiger partial charge in [-0.1, -0.05) is 200 Å². The summed E-state index contributed by atoms with van der Waals surface area (Å²) in [6.45, 7) is 9.40. The summed E-state index contributed by atoms with van der Waals surface area (Å²) >= 11 is 9.53. The maximum Gasteiger partial charge on any atom is 1.00 e. The first-order valence-electron chi connectivity index (χ1n) is 22.5. The first kappa shape index (κ1) is 80.6. The van der Waals surface area contributed by atoms with Gasteiger partial charge in [0, 0.05) is 35.0 Å². The van der Waals surface area contributed by atoms with Crippen molar-refractivity contribution in [1.82, 2.24) is 0 Å². The van der Waals surface area contributed by atoms with Crippen LogP contribution in [0.2, 0.25) is 59.4 Å². The van der Waals surface area contributed by atoms with Gasteiger partial charge in [0.15, 0.2) is 0 Å². The second-order valence-corrected chi connectivity index (χ2v) is 35.7. The molecule has 0 saturated heterocycles. The molecule has 0 N–H and O–H groups in total. The van der Waals surface area contributed by atoms with Crippen molar-refractivity contribution in [2.45, 2.75) is 143 Å². The van der Waals surface area contributed by atoms with Crippen molar-refractivity contribution in [1.29, 1.82) is 0 Å². The van der Waals surface area contributed by atoms with E-state index < -0.39 is 45.9 Å². The van der Waals surface area contributed by atoms with E-state index in [1.165, 1.54) is 43.2 Å². The summed E-state index contributed by atoms with van der Waals surface area (Å²) in [5.41, 5.74) is 5.61. The summed E-state index contributed by atoms with van der Waals surface area (Å²) in [6, 6.07) is 0. The van der Waals surface area contributed by atoms with E-state index in [0.29, 0.717) is 0 Å². The maximum atomic E-state index is 5.18. The molecule has 0 atom stereocenters. The fourth-order valence-electron chi connectivity index (χ4n) is 7.95. The summed E-state index contributed by atoms with van der Waals surface area (Å²) in [6.07, 6.45) is 56.3. The minimum absolute atomic E-state index is 0. The van der Waals surface area contributed by atoms with E-state index in [0.717, 1.165) is 22.2 Å². The second-order valence-electron chi connectivity index (χ2n) is 16.2. The molecule has 0 spiro atoms. The number of halogens is 4. The Morgan fingerprint density at radius 3 is 0.672 bits per heavy atom. The fourth-order valence-corrected chi connectivity index (χ4v) is 16.6. The van der Waals surface area contributed by atoms with E-state index in [-0.39, 0.29) is 79.4 Å². The van der Waals surface area contributed by atoms with Crippen LogP contribution in [0.15, 0.2) is 97.2 Å². The Morgan fingerprint density at radius 2 is 0.531 bits per heavy atom. The van der Waals surface area contributed by atoms with Gasteiger partial charge in [-0.3, -0.25) is 0 Å². The third-order valence-electron chi connectivity index (χ3n) is 11.1. The van der Waals surface area contributed by atoms with Gasteiger partial charge < -0.3 is 36.1 Å². The summed E-state index contributed by atoms with van der Waals surface area (Å²) < 4.78 is 0. The smallest absolute Gasteiger partial charge is 0 e. The predicted molar refractivity (Wildman–Crippen MR) is 305 cm³/mol. The minimum Gasteiger partial charge on any atom is 0 e. The number of hydrogen-bond acceptors (Lipinski definition) is 0. The predicted octanol–water partition coefficient (Wildman–Crippen LogP) is 14.4. The number of hydrogen-bond donors (Lipinski definition) is 0. The van der Waals surface area contributed by atoms with Crippen LogP contribution >= 0.6 is 39.2 Å². The Labute approximate surface area is 476 Å². The van der Waals surface area contributed by atoms with Gasteiger partial charge in [-0.25, -0.2) is 0 Å². The summed E-state index contributed by atoms with van der Waals surface area (Å²) in [5.74, 6) is 0. The van der Waals surface area contributed by atoms with Crippen molar-refractivity contribution in [2.24, 2.45) is 0 Å². The normalized spacial score (nSPS) is 17.2. The third-order valence-corrected chi connectivity index (χ3v) is 22.0. The SMILES string of the molecule is C1CCCC1.C[N-]C.C[N-]C.C[N-]C.C[N-]C.C[SiH](C1C=CC=C1)C1C=CC=C1.C[SiH](C1C=CC=C1)C1C=CC=C1.C[SiH](C1CCCC1)C1CCCC1.C[SiH](Cl)Cl.[CH3-].[CH3-].[Cl][Zr+2][Cl].[Na+].[Zr]. The van der Waals surface area contributed by atoms with Crippen molar-refractivity contribution >= 4 is 73.0 Å². The van der Waals surface area contributed by atoms with Crippen molar-refractivity contribution in [3.05, 3.63) is 133 Å². The molecule has 0 aromatic heterocycles. The zero-order chi connectivity index (χ0) is 45.8. The van der Waals surface area contributed by atoms with Crippen LogP contribution < -0.4 is 29.6 Å². The first-order valence-corrected chi connectivity index (χ1v) is 40.9. The van der Waals surface area contributed by atoms with E-state index in [9.17, 15) is 0 Å². The van der Waals surface area contributed by atoms with Crippen molar-refractivity contribution in [2.75, 3.05) is 56.4 Å². The van der Waals surface area contributed by atoms with Crippen LogP contribution in [0.4, 0.5) is 0 Å². The molecule has 7 rings (SSSR count). The molecule has 366 valence electrons. The van der Waals surface area contributed by atoms with Crippen molar-refractivity contribution < 1.29 is 76.6 Å². The van der Waals surface area contributed by atoms with Crippen LogP contribution in [0.25, 0.3) is 21.3 Å². The number of nitrogens with zero attached hydrogens (tertiary/aromatic N) is 4. The fraction of sp³-hybridized carbons (Fsp3) is 0.633. The monoisotopic (exact) mass is 1190 g/mol. The van der Waals surface area contributed by atoms with Gasteiger partial charge in [0.2, 0.25) is 7.42 Å². The number of rotatable bonds is 6. The summed E-state index contributed by atoms with van der Waals surface area (Å²) in [5, 5.41) is 14.0. The molecule has 0 aromatic carbocycles. The van der Waals surface area contributed by atoms with E-state index in [1.54, 1.807) is 108 Å². The van der Waals surface area contributed by atoms with Crippen LogP contribution in [0.5, 0.6) is 0 Å². The first-order chi connectivity index (χ1) is 28.9. The summed E-state index contributed by atoms with van der Waals surface area (Å²) in [7, 11) is 21.1. The van der Waals surface area contributed by atoms with Crippen LogP contribution in [0, 0.1) is 14.9 Å². The molecule has 7 aliphatic rings. The zero-order valence-electron chi connectivity index (χ0n) is 43.5. The molecule has 64 heavy (non-hydrogen) atoms. The Morgan fingerprint density at radius 1 is 0.391 bits per heavy atom. The van der Waals surface area contributed by atoms with Gasteiger partial charge >= 0.3 is 67.4 Å². The van der Waals surface area contributed by atoms with Gasteiger partial charge in [-0.05, 0) is 39.8 Å². The Balaban J connectivity index is -0.000000120. The molecule has 4 nitrogen and oxygen atoms in total. The van der Waals surface area contributed by atoms with Gasteiger partial charge in [-0.15, -0.1) is 0 Å².